The Morgan fingerprint density at radius 3 is 2.32 bits per heavy atom. The number of methoxy groups -OCH3 is 2. The molecule has 1 atom stereocenters. The molecule has 0 aliphatic carbocycles. The normalized spacial score (nSPS) is 18.3. The third kappa shape index (κ3) is 3.37. The Bertz CT molecular complexity index is 846. The summed E-state index contributed by atoms with van der Waals surface area (Å²) in [7, 11) is -0.579. The molecule has 0 spiro atoms. The van der Waals surface area contributed by atoms with Gasteiger partial charge in [-0.1, -0.05) is 29.8 Å². The van der Waals surface area contributed by atoms with Gasteiger partial charge < -0.3 is 9.47 Å². The maximum absolute atomic E-state index is 13.2. The van der Waals surface area contributed by atoms with Crippen LogP contribution in [0.25, 0.3) is 0 Å². The Labute approximate surface area is 149 Å². The Morgan fingerprint density at radius 2 is 1.68 bits per heavy atom. The van der Waals surface area contributed by atoms with E-state index in [4.69, 9.17) is 9.47 Å². The van der Waals surface area contributed by atoms with E-state index in [2.05, 4.69) is 0 Å². The molecule has 0 bridgehead atoms. The molecule has 0 radical (unpaired) electrons. The largest absolute Gasteiger partial charge is 0.493 e. The van der Waals surface area contributed by atoms with E-state index in [-0.39, 0.29) is 10.9 Å². The smallest absolute Gasteiger partial charge is 0.243 e. The molecule has 1 fully saturated rings. The van der Waals surface area contributed by atoms with Gasteiger partial charge in [-0.2, -0.15) is 4.31 Å². The van der Waals surface area contributed by atoms with E-state index >= 15 is 0 Å². The van der Waals surface area contributed by atoms with Gasteiger partial charge in [0.25, 0.3) is 0 Å². The van der Waals surface area contributed by atoms with Gasteiger partial charge in [0.1, 0.15) is 0 Å². The van der Waals surface area contributed by atoms with E-state index in [0.29, 0.717) is 18.0 Å². The lowest BCUT2D eigenvalue weighted by Gasteiger charge is -2.25. The zero-order valence-electron chi connectivity index (χ0n) is 14.7. The number of hydrogen-bond donors (Lipinski definition) is 0. The van der Waals surface area contributed by atoms with Crippen molar-refractivity contribution in [3.05, 3.63) is 53.6 Å². The van der Waals surface area contributed by atoms with Crippen LogP contribution >= 0.6 is 0 Å². The highest BCUT2D eigenvalue weighted by Crippen LogP contribution is 2.38. The molecule has 25 heavy (non-hydrogen) atoms. The first kappa shape index (κ1) is 17.8. The van der Waals surface area contributed by atoms with E-state index in [1.807, 2.05) is 31.2 Å². The quantitative estimate of drug-likeness (QED) is 0.817. The van der Waals surface area contributed by atoms with Crippen LogP contribution in [0, 0.1) is 6.92 Å². The van der Waals surface area contributed by atoms with Gasteiger partial charge >= 0.3 is 0 Å². The van der Waals surface area contributed by atoms with Crippen LogP contribution < -0.4 is 9.47 Å². The van der Waals surface area contributed by atoms with E-state index in [1.54, 1.807) is 16.4 Å². The van der Waals surface area contributed by atoms with Crippen molar-refractivity contribution in [2.45, 2.75) is 30.7 Å². The average molecular weight is 361 g/mol. The molecule has 1 aliphatic rings. The van der Waals surface area contributed by atoms with E-state index in [0.717, 1.165) is 24.0 Å². The molecule has 6 heteroatoms. The summed E-state index contributed by atoms with van der Waals surface area (Å²) in [6.45, 7) is 2.55. The van der Waals surface area contributed by atoms with Crippen LogP contribution in [0.3, 0.4) is 0 Å². The maximum atomic E-state index is 13.2. The van der Waals surface area contributed by atoms with Gasteiger partial charge in [-0.15, -0.1) is 0 Å². The summed E-state index contributed by atoms with van der Waals surface area (Å²) >= 11 is 0. The van der Waals surface area contributed by atoms with Crippen LogP contribution in [0.1, 0.15) is 30.0 Å². The molecule has 2 aromatic rings. The predicted molar refractivity (Wildman–Crippen MR) is 96.6 cm³/mol. The second-order valence-corrected chi connectivity index (χ2v) is 8.09. The van der Waals surface area contributed by atoms with E-state index in [9.17, 15) is 8.42 Å². The lowest BCUT2D eigenvalue weighted by Crippen LogP contribution is -2.30. The Kier molecular flexibility index (Phi) is 5.01. The van der Waals surface area contributed by atoms with Crippen molar-refractivity contribution in [2.75, 3.05) is 20.8 Å². The van der Waals surface area contributed by atoms with Gasteiger partial charge in [-0.3, -0.25) is 0 Å². The fraction of sp³-hybridized carbons (Fsp3) is 0.368. The molecule has 3 rings (SSSR count). The minimum atomic E-state index is -3.61. The van der Waals surface area contributed by atoms with Crippen molar-refractivity contribution in [1.82, 2.24) is 4.31 Å². The zero-order chi connectivity index (χ0) is 18.0. The fourth-order valence-electron chi connectivity index (χ4n) is 3.26. The van der Waals surface area contributed by atoms with Gasteiger partial charge in [0.2, 0.25) is 10.0 Å². The number of hydrogen-bond acceptors (Lipinski definition) is 4. The number of aryl methyl sites for hydroxylation is 1. The molecule has 1 heterocycles. The number of rotatable bonds is 5. The van der Waals surface area contributed by atoms with Crippen LogP contribution in [0.4, 0.5) is 0 Å². The summed E-state index contributed by atoms with van der Waals surface area (Å²) in [5.41, 5.74) is 2.20. The highest BCUT2D eigenvalue weighted by Gasteiger charge is 2.36. The first-order valence-electron chi connectivity index (χ1n) is 8.28. The van der Waals surface area contributed by atoms with Gasteiger partial charge in [-0.25, -0.2) is 8.42 Å². The molecule has 0 saturated carbocycles. The molecule has 0 amide bonds. The summed E-state index contributed by atoms with van der Waals surface area (Å²) < 4.78 is 38.4. The van der Waals surface area contributed by atoms with Crippen LogP contribution in [0.15, 0.2) is 47.4 Å². The van der Waals surface area contributed by atoms with Gasteiger partial charge in [-0.05, 0) is 37.5 Å². The lowest BCUT2D eigenvalue weighted by molar-refractivity contribution is 0.353. The molecule has 0 N–H and O–H groups in total. The molecule has 1 saturated heterocycles. The Hall–Kier alpha value is -2.05. The first-order valence-corrected chi connectivity index (χ1v) is 9.72. The molecular weight excluding hydrogens is 338 g/mol. The maximum Gasteiger partial charge on any atom is 0.243 e. The fourth-order valence-corrected chi connectivity index (χ4v) is 4.96. The van der Waals surface area contributed by atoms with E-state index < -0.39 is 10.0 Å². The van der Waals surface area contributed by atoms with Gasteiger partial charge in [0.15, 0.2) is 11.5 Å². The van der Waals surface area contributed by atoms with Crippen molar-refractivity contribution in [3.63, 3.8) is 0 Å². The second kappa shape index (κ2) is 7.06. The topological polar surface area (TPSA) is 55.8 Å². The molecule has 1 aliphatic heterocycles. The number of benzene rings is 2. The van der Waals surface area contributed by atoms with Crippen molar-refractivity contribution >= 4 is 10.0 Å². The molecule has 0 aromatic heterocycles. The summed E-state index contributed by atoms with van der Waals surface area (Å²) in [6, 6.07) is 12.7. The SMILES string of the molecule is COc1ccc(S(=O)(=O)N2CCC[C@@H]2c2ccc(C)cc2)cc1OC. The highest BCUT2D eigenvalue weighted by atomic mass is 32.2. The first-order chi connectivity index (χ1) is 12.0. The predicted octanol–water partition coefficient (Wildman–Crippen LogP) is 3.54. The summed E-state index contributed by atoms with van der Waals surface area (Å²) in [4.78, 5) is 0.226. The minimum absolute atomic E-state index is 0.126. The average Bonchev–Trinajstić information content (AvgIpc) is 3.12. The van der Waals surface area contributed by atoms with E-state index in [1.165, 1.54) is 20.3 Å². The standard InChI is InChI=1S/C19H23NO4S/c1-14-6-8-15(9-7-14)17-5-4-12-20(17)25(21,22)16-10-11-18(23-2)19(13-16)24-3/h6-11,13,17H,4-5,12H2,1-3H3/t17-/m1/s1. The second-order valence-electron chi connectivity index (χ2n) is 6.20. The minimum Gasteiger partial charge on any atom is -0.493 e. The molecule has 0 unspecified atom stereocenters. The van der Waals surface area contributed by atoms with Crippen molar-refractivity contribution in [3.8, 4) is 11.5 Å². The molecule has 5 nitrogen and oxygen atoms in total. The summed E-state index contributed by atoms with van der Waals surface area (Å²) in [5, 5.41) is 0. The third-order valence-electron chi connectivity index (χ3n) is 4.63. The van der Waals surface area contributed by atoms with Crippen molar-refractivity contribution in [1.29, 1.82) is 0 Å². The van der Waals surface area contributed by atoms with Crippen LogP contribution in [-0.2, 0) is 10.0 Å². The van der Waals surface area contributed by atoms with Crippen LogP contribution in [0.2, 0.25) is 0 Å². The third-order valence-corrected chi connectivity index (χ3v) is 6.53. The summed E-state index contributed by atoms with van der Waals surface area (Å²) in [6.07, 6.45) is 1.68. The molecule has 2 aromatic carbocycles. The monoisotopic (exact) mass is 361 g/mol. The van der Waals surface area contributed by atoms with Crippen LogP contribution in [-0.4, -0.2) is 33.5 Å². The van der Waals surface area contributed by atoms with Gasteiger partial charge in [0, 0.05) is 12.6 Å². The Balaban J connectivity index is 1.97. The van der Waals surface area contributed by atoms with Crippen molar-refractivity contribution in [2.24, 2.45) is 0 Å². The van der Waals surface area contributed by atoms with Crippen LogP contribution in [0.5, 0.6) is 11.5 Å². The molecular formula is C19H23NO4S. The number of sulfonamides is 1. The zero-order valence-corrected chi connectivity index (χ0v) is 15.5. The highest BCUT2D eigenvalue weighted by molar-refractivity contribution is 7.89. The molecule has 134 valence electrons. The van der Waals surface area contributed by atoms with Crippen molar-refractivity contribution < 1.29 is 17.9 Å². The summed E-state index contributed by atoms with van der Waals surface area (Å²) in [5.74, 6) is 0.924. The van der Waals surface area contributed by atoms with Gasteiger partial charge in [0.05, 0.1) is 25.2 Å². The Morgan fingerprint density at radius 1 is 1.00 bits per heavy atom. The lowest BCUT2D eigenvalue weighted by atomic mass is 10.0. The number of nitrogens with zero attached hydrogens (tertiary/aromatic N) is 1. The number of ether oxygens (including phenoxy) is 2.